The summed E-state index contributed by atoms with van der Waals surface area (Å²) in [5, 5.41) is 0. The third-order valence-corrected chi connectivity index (χ3v) is 12.1. The SMILES string of the molecule is CCCCCCCCCCCCCCCCCCc1cc[n+](CCCCCCCCCC)cc1CCCCCCCCCCCCCCCCCC. The third kappa shape index (κ3) is 33.7. The number of unbranched alkanes of at least 4 members (excludes halogenated alkanes) is 37. The van der Waals surface area contributed by atoms with Crippen LogP contribution in [0.5, 0.6) is 0 Å². The molecular weight excluding hydrogens is 627 g/mol. The molecular formula is C51H98N+. The monoisotopic (exact) mass is 725 g/mol. The molecule has 0 aliphatic carbocycles. The van der Waals surface area contributed by atoms with E-state index in [1.54, 1.807) is 11.1 Å². The molecule has 0 aromatic carbocycles. The smallest absolute Gasteiger partial charge is 0.172 e. The summed E-state index contributed by atoms with van der Waals surface area (Å²) in [5.74, 6) is 0. The molecule has 1 aromatic rings. The number of pyridine rings is 1. The van der Waals surface area contributed by atoms with E-state index in [9.17, 15) is 0 Å². The molecule has 0 aliphatic heterocycles. The van der Waals surface area contributed by atoms with E-state index < -0.39 is 0 Å². The lowest BCUT2D eigenvalue weighted by molar-refractivity contribution is -0.697. The van der Waals surface area contributed by atoms with E-state index in [0.29, 0.717) is 0 Å². The average Bonchev–Trinajstić information content (AvgIpc) is 3.16. The minimum atomic E-state index is 1.21. The molecule has 0 fully saturated rings. The molecule has 0 aliphatic rings. The van der Waals surface area contributed by atoms with Crippen molar-refractivity contribution < 1.29 is 4.57 Å². The molecule has 0 atom stereocenters. The molecule has 1 aromatic heterocycles. The van der Waals surface area contributed by atoms with Gasteiger partial charge in [0.1, 0.15) is 6.54 Å². The zero-order chi connectivity index (χ0) is 37.3. The van der Waals surface area contributed by atoms with Gasteiger partial charge in [-0.15, -0.1) is 0 Å². The number of rotatable bonds is 43. The summed E-state index contributed by atoms with van der Waals surface area (Å²) in [7, 11) is 0. The van der Waals surface area contributed by atoms with E-state index in [4.69, 9.17) is 0 Å². The van der Waals surface area contributed by atoms with Gasteiger partial charge in [0.05, 0.1) is 0 Å². The molecule has 0 amide bonds. The van der Waals surface area contributed by atoms with E-state index in [1.165, 1.54) is 276 Å². The van der Waals surface area contributed by atoms with Crippen LogP contribution in [0.15, 0.2) is 18.5 Å². The standard InChI is InChI=1S/C51H98N/c1-4-7-10-13-16-19-21-23-25-27-29-31-33-35-38-41-44-50-46-48-52(47-43-40-37-18-15-12-9-6-3)49-51(50)45-42-39-36-34-32-30-28-26-24-22-20-17-14-11-8-5-2/h46,48-49H,4-45,47H2,1-3H3/q+1. The lowest BCUT2D eigenvalue weighted by Gasteiger charge is -2.10. The quantitative estimate of drug-likeness (QED) is 0.0466. The van der Waals surface area contributed by atoms with Crippen molar-refractivity contribution >= 4 is 0 Å². The van der Waals surface area contributed by atoms with Crippen molar-refractivity contribution in [2.24, 2.45) is 0 Å². The minimum absolute atomic E-state index is 1.21. The lowest BCUT2D eigenvalue weighted by Crippen LogP contribution is -2.34. The number of nitrogens with zero attached hydrogens (tertiary/aromatic N) is 1. The number of aromatic nitrogens is 1. The van der Waals surface area contributed by atoms with Gasteiger partial charge in [0.25, 0.3) is 0 Å². The van der Waals surface area contributed by atoms with Crippen LogP contribution in [-0.2, 0) is 19.4 Å². The molecule has 0 bridgehead atoms. The van der Waals surface area contributed by atoms with E-state index in [0.717, 1.165) is 0 Å². The Balaban J connectivity index is 2.24. The number of aryl methyl sites for hydroxylation is 3. The molecule has 0 radical (unpaired) electrons. The predicted molar refractivity (Wildman–Crippen MR) is 236 cm³/mol. The lowest BCUT2D eigenvalue weighted by atomic mass is 9.97. The first-order valence-electron chi connectivity index (χ1n) is 24.8. The highest BCUT2D eigenvalue weighted by Gasteiger charge is 2.10. The van der Waals surface area contributed by atoms with Crippen molar-refractivity contribution in [3.8, 4) is 0 Å². The molecule has 0 saturated carbocycles. The van der Waals surface area contributed by atoms with Crippen LogP contribution in [0.1, 0.15) is 289 Å². The molecule has 0 saturated heterocycles. The zero-order valence-electron chi connectivity index (χ0n) is 36.6. The largest absolute Gasteiger partial charge is 0.205 e. The van der Waals surface area contributed by atoms with Gasteiger partial charge in [-0.25, -0.2) is 4.57 Å². The van der Waals surface area contributed by atoms with Gasteiger partial charge in [-0.3, -0.25) is 0 Å². The number of hydrogen-bond acceptors (Lipinski definition) is 0. The van der Waals surface area contributed by atoms with Crippen LogP contribution in [0.3, 0.4) is 0 Å². The van der Waals surface area contributed by atoms with E-state index in [2.05, 4.69) is 43.8 Å². The zero-order valence-corrected chi connectivity index (χ0v) is 36.6. The average molecular weight is 725 g/mol. The second-order valence-corrected chi connectivity index (χ2v) is 17.3. The summed E-state index contributed by atoms with van der Waals surface area (Å²) < 4.78 is 2.54. The van der Waals surface area contributed by atoms with E-state index in [-0.39, 0.29) is 0 Å². The topological polar surface area (TPSA) is 3.88 Å². The maximum atomic E-state index is 2.56. The van der Waals surface area contributed by atoms with Crippen LogP contribution in [0, 0.1) is 0 Å². The predicted octanol–water partition coefficient (Wildman–Crippen LogP) is 17.7. The van der Waals surface area contributed by atoms with Gasteiger partial charge in [-0.1, -0.05) is 252 Å². The van der Waals surface area contributed by atoms with E-state index >= 15 is 0 Å². The Morgan fingerprint density at radius 1 is 0.288 bits per heavy atom. The first-order valence-corrected chi connectivity index (χ1v) is 24.8. The Hall–Kier alpha value is -0.850. The molecule has 1 heteroatoms. The highest BCUT2D eigenvalue weighted by molar-refractivity contribution is 5.21. The van der Waals surface area contributed by atoms with Crippen molar-refractivity contribution in [3.05, 3.63) is 29.6 Å². The maximum Gasteiger partial charge on any atom is 0.172 e. The van der Waals surface area contributed by atoms with Crippen molar-refractivity contribution in [1.82, 2.24) is 0 Å². The molecule has 1 nitrogen and oxygen atoms in total. The fourth-order valence-corrected chi connectivity index (χ4v) is 8.38. The summed E-state index contributed by atoms with van der Waals surface area (Å²) in [5.41, 5.74) is 3.34. The number of hydrogen-bond donors (Lipinski definition) is 0. The highest BCUT2D eigenvalue weighted by atomic mass is 14.9. The Bertz CT molecular complexity index is 813. The Kier molecular flexibility index (Phi) is 39.1. The van der Waals surface area contributed by atoms with Crippen molar-refractivity contribution in [2.75, 3.05) is 0 Å². The van der Waals surface area contributed by atoms with Crippen LogP contribution in [-0.4, -0.2) is 0 Å². The second-order valence-electron chi connectivity index (χ2n) is 17.3. The third-order valence-electron chi connectivity index (χ3n) is 12.1. The van der Waals surface area contributed by atoms with Crippen molar-refractivity contribution in [3.63, 3.8) is 0 Å². The Morgan fingerprint density at radius 3 is 0.846 bits per heavy atom. The molecule has 52 heavy (non-hydrogen) atoms. The molecule has 0 unspecified atom stereocenters. The summed E-state index contributed by atoms with van der Waals surface area (Å²) in [6, 6.07) is 2.51. The molecule has 1 rings (SSSR count). The van der Waals surface area contributed by atoms with Crippen LogP contribution < -0.4 is 4.57 Å². The minimum Gasteiger partial charge on any atom is -0.205 e. The first-order chi connectivity index (χ1) is 25.8. The van der Waals surface area contributed by atoms with Gasteiger partial charge in [0, 0.05) is 18.1 Å². The normalized spacial score (nSPS) is 11.6. The maximum absolute atomic E-state index is 2.56. The molecule has 306 valence electrons. The molecule has 0 N–H and O–H groups in total. The van der Waals surface area contributed by atoms with Gasteiger partial charge in [-0.2, -0.15) is 0 Å². The summed E-state index contributed by atoms with van der Waals surface area (Å²) in [6.45, 7) is 8.16. The first kappa shape index (κ1) is 49.2. The van der Waals surface area contributed by atoms with Gasteiger partial charge < -0.3 is 0 Å². The Labute approximate surface area is 330 Å². The highest BCUT2D eigenvalue weighted by Crippen LogP contribution is 2.19. The molecule has 1 heterocycles. The Morgan fingerprint density at radius 2 is 0.538 bits per heavy atom. The van der Waals surface area contributed by atoms with E-state index in [1.807, 2.05) is 0 Å². The fourth-order valence-electron chi connectivity index (χ4n) is 8.38. The summed E-state index contributed by atoms with van der Waals surface area (Å²) in [6.07, 6.45) is 65.3. The van der Waals surface area contributed by atoms with Gasteiger partial charge in [-0.05, 0) is 37.7 Å². The van der Waals surface area contributed by atoms with Gasteiger partial charge >= 0.3 is 0 Å². The van der Waals surface area contributed by atoms with Gasteiger partial charge in [0.15, 0.2) is 12.4 Å². The van der Waals surface area contributed by atoms with Crippen molar-refractivity contribution in [1.29, 1.82) is 0 Å². The second kappa shape index (κ2) is 41.3. The van der Waals surface area contributed by atoms with Crippen LogP contribution in [0.4, 0.5) is 0 Å². The van der Waals surface area contributed by atoms with Crippen LogP contribution in [0.2, 0.25) is 0 Å². The van der Waals surface area contributed by atoms with Crippen LogP contribution in [0.25, 0.3) is 0 Å². The fraction of sp³-hybridized carbons (Fsp3) is 0.902. The van der Waals surface area contributed by atoms with Crippen LogP contribution >= 0.6 is 0 Å². The summed E-state index contributed by atoms with van der Waals surface area (Å²) >= 11 is 0. The van der Waals surface area contributed by atoms with Crippen molar-refractivity contribution in [2.45, 2.75) is 297 Å². The summed E-state index contributed by atoms with van der Waals surface area (Å²) in [4.78, 5) is 0. The molecule has 0 spiro atoms. The van der Waals surface area contributed by atoms with Gasteiger partial charge in [0.2, 0.25) is 0 Å².